The summed E-state index contributed by atoms with van der Waals surface area (Å²) in [6.07, 6.45) is 0. The molecule has 102 valence electrons. The Kier molecular flexibility index (Phi) is 3.62. The predicted octanol–water partition coefficient (Wildman–Crippen LogP) is 2.66. The maximum absolute atomic E-state index is 10.9. The van der Waals surface area contributed by atoms with Gasteiger partial charge in [-0.3, -0.25) is 5.21 Å². The Labute approximate surface area is 110 Å². The fourth-order valence-corrected chi connectivity index (χ4v) is 1.84. The van der Waals surface area contributed by atoms with E-state index < -0.39 is 12.1 Å². The fraction of sp³-hybridized carbons (Fsp3) is 0.308. The van der Waals surface area contributed by atoms with Gasteiger partial charge in [0.25, 0.3) is 0 Å². The van der Waals surface area contributed by atoms with Gasteiger partial charge in [0, 0.05) is 5.39 Å². The quantitative estimate of drug-likeness (QED) is 0.656. The third kappa shape index (κ3) is 2.48. The molecular weight excluding hydrogens is 248 g/mol. The second-order valence-electron chi connectivity index (χ2n) is 4.12. The van der Waals surface area contributed by atoms with Crippen molar-refractivity contribution in [1.29, 1.82) is 0 Å². The Hall–Kier alpha value is -2.21. The molecule has 0 fully saturated rings. The number of fused-ring (bicyclic) bond motifs is 1. The van der Waals surface area contributed by atoms with Crippen molar-refractivity contribution in [1.82, 2.24) is 5.06 Å². The van der Waals surface area contributed by atoms with Gasteiger partial charge in [-0.2, -0.15) is 5.06 Å². The summed E-state index contributed by atoms with van der Waals surface area (Å²) in [5, 5.41) is 10.8. The minimum Gasteiger partial charge on any atom is -0.490 e. The lowest BCUT2D eigenvalue weighted by atomic mass is 10.2. The second kappa shape index (κ2) is 5.19. The molecule has 1 heterocycles. The van der Waals surface area contributed by atoms with E-state index in [9.17, 15) is 10.0 Å². The molecule has 0 spiro atoms. The molecular formula is C13H16N2O4. The number of rotatable bonds is 4. The van der Waals surface area contributed by atoms with Crippen LogP contribution >= 0.6 is 0 Å². The van der Waals surface area contributed by atoms with E-state index >= 15 is 0 Å². The number of urea groups is 1. The Balaban J connectivity index is 2.41. The van der Waals surface area contributed by atoms with Crippen LogP contribution < -0.4 is 10.5 Å². The number of furan rings is 1. The average molecular weight is 264 g/mol. The number of hydrogen-bond donors (Lipinski definition) is 2. The van der Waals surface area contributed by atoms with E-state index in [1.165, 1.54) is 0 Å². The van der Waals surface area contributed by atoms with Crippen molar-refractivity contribution in [2.45, 2.75) is 19.9 Å². The van der Waals surface area contributed by atoms with Crippen molar-refractivity contribution >= 4 is 17.0 Å². The minimum atomic E-state index is -0.932. The molecule has 1 atom stereocenters. The molecule has 0 aliphatic carbocycles. The van der Waals surface area contributed by atoms with Crippen LogP contribution in [-0.4, -0.2) is 22.9 Å². The van der Waals surface area contributed by atoms with Crippen molar-refractivity contribution in [2.75, 3.05) is 6.61 Å². The Bertz CT molecular complexity index is 593. The predicted molar refractivity (Wildman–Crippen MR) is 69.0 cm³/mol. The average Bonchev–Trinajstić information content (AvgIpc) is 2.82. The summed E-state index contributed by atoms with van der Waals surface area (Å²) in [7, 11) is 0. The van der Waals surface area contributed by atoms with Crippen LogP contribution in [0, 0.1) is 0 Å². The number of primary amides is 1. The summed E-state index contributed by atoms with van der Waals surface area (Å²) in [5.41, 5.74) is 5.60. The molecule has 0 aliphatic rings. The van der Waals surface area contributed by atoms with Gasteiger partial charge in [-0.1, -0.05) is 12.1 Å². The first-order chi connectivity index (χ1) is 9.04. The zero-order valence-corrected chi connectivity index (χ0v) is 10.8. The molecule has 1 aromatic heterocycles. The van der Waals surface area contributed by atoms with E-state index in [-0.39, 0.29) is 0 Å². The zero-order chi connectivity index (χ0) is 14.0. The van der Waals surface area contributed by atoms with Crippen LogP contribution in [0.5, 0.6) is 5.75 Å². The topological polar surface area (TPSA) is 88.9 Å². The molecule has 0 radical (unpaired) electrons. The zero-order valence-electron chi connectivity index (χ0n) is 10.8. The van der Waals surface area contributed by atoms with Gasteiger partial charge in [-0.05, 0) is 26.0 Å². The number of carbonyl (C=O) groups is 1. The second-order valence-corrected chi connectivity index (χ2v) is 4.12. The number of hydroxylamine groups is 2. The molecule has 6 nitrogen and oxygen atoms in total. The summed E-state index contributed by atoms with van der Waals surface area (Å²) < 4.78 is 11.1. The van der Waals surface area contributed by atoms with E-state index in [1.807, 2.05) is 19.1 Å². The summed E-state index contributed by atoms with van der Waals surface area (Å²) in [6, 6.07) is 5.66. The summed E-state index contributed by atoms with van der Waals surface area (Å²) >= 11 is 0. The fourth-order valence-electron chi connectivity index (χ4n) is 1.84. The molecule has 2 aromatic rings. The number of ether oxygens (including phenoxy) is 1. The van der Waals surface area contributed by atoms with E-state index in [2.05, 4.69) is 0 Å². The van der Waals surface area contributed by atoms with Gasteiger partial charge in [0.05, 0.1) is 6.61 Å². The third-order valence-corrected chi connectivity index (χ3v) is 2.83. The van der Waals surface area contributed by atoms with Crippen molar-refractivity contribution in [3.05, 3.63) is 30.0 Å². The van der Waals surface area contributed by atoms with E-state index in [0.29, 0.717) is 28.8 Å². The van der Waals surface area contributed by atoms with Crippen LogP contribution in [0.3, 0.4) is 0 Å². The highest BCUT2D eigenvalue weighted by atomic mass is 16.5. The number of nitrogens with two attached hydrogens (primary N) is 1. The van der Waals surface area contributed by atoms with E-state index in [1.54, 1.807) is 19.1 Å². The van der Waals surface area contributed by atoms with Crippen LogP contribution in [0.4, 0.5) is 4.79 Å². The maximum atomic E-state index is 10.9. The standard InChI is InChI=1S/C13H16N2O4/c1-3-18-10-6-4-5-9-7-11(19-12(9)10)8(2)15(17)13(14)16/h4-8,17H,3H2,1-2H3,(H2,14,16). The molecule has 0 saturated heterocycles. The third-order valence-electron chi connectivity index (χ3n) is 2.83. The number of amides is 2. The SMILES string of the molecule is CCOc1cccc2cc(C(C)N(O)C(N)=O)oc12. The number of hydrogen-bond acceptors (Lipinski definition) is 4. The monoisotopic (exact) mass is 264 g/mol. The van der Waals surface area contributed by atoms with Crippen LogP contribution in [0.2, 0.25) is 0 Å². The highest BCUT2D eigenvalue weighted by Gasteiger charge is 2.21. The van der Waals surface area contributed by atoms with Gasteiger partial charge >= 0.3 is 6.03 Å². The van der Waals surface area contributed by atoms with Gasteiger partial charge in [-0.15, -0.1) is 0 Å². The molecule has 2 rings (SSSR count). The van der Waals surface area contributed by atoms with Crippen LogP contribution in [0.1, 0.15) is 25.6 Å². The van der Waals surface area contributed by atoms with Gasteiger partial charge in [0.15, 0.2) is 11.3 Å². The largest absolute Gasteiger partial charge is 0.490 e. The molecule has 1 unspecified atom stereocenters. The smallest absolute Gasteiger partial charge is 0.339 e. The van der Waals surface area contributed by atoms with Crippen LogP contribution in [-0.2, 0) is 0 Å². The van der Waals surface area contributed by atoms with Gasteiger partial charge in [0.1, 0.15) is 11.8 Å². The van der Waals surface area contributed by atoms with Crippen LogP contribution in [0.15, 0.2) is 28.7 Å². The highest BCUT2D eigenvalue weighted by Crippen LogP contribution is 2.32. The maximum Gasteiger partial charge on any atom is 0.339 e. The van der Waals surface area contributed by atoms with Crippen molar-refractivity contribution in [3.8, 4) is 5.75 Å². The minimum absolute atomic E-state index is 0.429. The molecule has 0 saturated carbocycles. The number of benzene rings is 1. The molecule has 6 heteroatoms. The van der Waals surface area contributed by atoms with E-state index in [4.69, 9.17) is 14.9 Å². The number of para-hydroxylation sites is 1. The summed E-state index contributed by atoms with van der Waals surface area (Å²) in [5.74, 6) is 1.06. The van der Waals surface area contributed by atoms with Crippen LogP contribution in [0.25, 0.3) is 11.0 Å². The summed E-state index contributed by atoms with van der Waals surface area (Å²) in [4.78, 5) is 10.9. The summed E-state index contributed by atoms with van der Waals surface area (Å²) in [6.45, 7) is 4.02. The van der Waals surface area contributed by atoms with Gasteiger partial charge < -0.3 is 14.9 Å². The lowest BCUT2D eigenvalue weighted by molar-refractivity contribution is -0.0758. The highest BCUT2D eigenvalue weighted by molar-refractivity contribution is 5.84. The molecule has 2 amide bonds. The Morgan fingerprint density at radius 3 is 2.95 bits per heavy atom. The first kappa shape index (κ1) is 13.2. The molecule has 0 bridgehead atoms. The molecule has 19 heavy (non-hydrogen) atoms. The van der Waals surface area contributed by atoms with Gasteiger partial charge in [0.2, 0.25) is 0 Å². The normalized spacial score (nSPS) is 12.4. The Morgan fingerprint density at radius 2 is 2.32 bits per heavy atom. The first-order valence-electron chi connectivity index (χ1n) is 5.97. The molecule has 1 aromatic carbocycles. The van der Waals surface area contributed by atoms with Crippen molar-refractivity contribution in [3.63, 3.8) is 0 Å². The van der Waals surface area contributed by atoms with Crippen molar-refractivity contribution in [2.24, 2.45) is 5.73 Å². The number of nitrogens with zero attached hydrogens (tertiary/aromatic N) is 1. The van der Waals surface area contributed by atoms with E-state index in [0.717, 1.165) is 5.39 Å². The van der Waals surface area contributed by atoms with Crippen molar-refractivity contribution < 1.29 is 19.2 Å². The lowest BCUT2D eigenvalue weighted by Gasteiger charge is -2.17. The number of carbonyl (C=O) groups excluding carboxylic acids is 1. The molecule has 0 aliphatic heterocycles. The first-order valence-corrected chi connectivity index (χ1v) is 5.97. The lowest BCUT2D eigenvalue weighted by Crippen LogP contribution is -2.34. The Morgan fingerprint density at radius 1 is 1.58 bits per heavy atom. The van der Waals surface area contributed by atoms with Gasteiger partial charge in [-0.25, -0.2) is 4.79 Å². The molecule has 3 N–H and O–H groups in total.